The SMILES string of the molecule is NN=Cc1ccccc1NC(=O)CCC(=O)O. The minimum absolute atomic E-state index is 0.0660. The normalized spacial score (nSPS) is 10.4. The number of nitrogens with zero attached hydrogens (tertiary/aromatic N) is 1. The molecule has 0 aliphatic heterocycles. The van der Waals surface area contributed by atoms with Gasteiger partial charge in [0, 0.05) is 17.7 Å². The van der Waals surface area contributed by atoms with Crippen LogP contribution in [0.1, 0.15) is 18.4 Å². The molecule has 1 aromatic carbocycles. The average molecular weight is 235 g/mol. The summed E-state index contributed by atoms with van der Waals surface area (Å²) in [6, 6.07) is 6.96. The molecule has 0 atom stereocenters. The number of carboxylic acid groups (broad SMARTS) is 1. The second-order valence-electron chi connectivity index (χ2n) is 3.31. The number of aliphatic carboxylic acids is 1. The number of benzene rings is 1. The number of carboxylic acids is 1. The maximum Gasteiger partial charge on any atom is 0.303 e. The van der Waals surface area contributed by atoms with E-state index in [4.69, 9.17) is 10.9 Å². The molecule has 1 rings (SSSR count). The highest BCUT2D eigenvalue weighted by atomic mass is 16.4. The molecule has 0 spiro atoms. The lowest BCUT2D eigenvalue weighted by Crippen LogP contribution is -2.14. The third kappa shape index (κ3) is 4.33. The number of anilines is 1. The number of nitrogens with one attached hydrogen (secondary N) is 1. The Morgan fingerprint density at radius 1 is 1.35 bits per heavy atom. The van der Waals surface area contributed by atoms with Crippen molar-refractivity contribution in [1.82, 2.24) is 0 Å². The number of carbonyl (C=O) groups is 2. The zero-order valence-corrected chi connectivity index (χ0v) is 9.09. The molecule has 0 bridgehead atoms. The summed E-state index contributed by atoms with van der Waals surface area (Å²) in [5.41, 5.74) is 1.22. The van der Waals surface area contributed by atoms with Crippen molar-refractivity contribution in [2.75, 3.05) is 5.32 Å². The molecule has 0 heterocycles. The lowest BCUT2D eigenvalue weighted by Gasteiger charge is -2.06. The van der Waals surface area contributed by atoms with E-state index in [1.807, 2.05) is 0 Å². The minimum atomic E-state index is -1.00. The maximum atomic E-state index is 11.4. The number of para-hydroxylation sites is 1. The van der Waals surface area contributed by atoms with E-state index in [1.165, 1.54) is 6.21 Å². The summed E-state index contributed by atoms with van der Waals surface area (Å²) in [4.78, 5) is 21.7. The van der Waals surface area contributed by atoms with E-state index < -0.39 is 5.97 Å². The van der Waals surface area contributed by atoms with Crippen molar-refractivity contribution in [3.05, 3.63) is 29.8 Å². The summed E-state index contributed by atoms with van der Waals surface area (Å²) >= 11 is 0. The van der Waals surface area contributed by atoms with Crippen molar-refractivity contribution in [2.24, 2.45) is 10.9 Å². The Morgan fingerprint density at radius 2 is 2.06 bits per heavy atom. The van der Waals surface area contributed by atoms with E-state index in [9.17, 15) is 9.59 Å². The van der Waals surface area contributed by atoms with Crippen LogP contribution in [-0.2, 0) is 9.59 Å². The highest BCUT2D eigenvalue weighted by Gasteiger charge is 2.07. The standard InChI is InChI=1S/C11H13N3O3/c12-13-7-8-3-1-2-4-9(8)14-10(15)5-6-11(16)17/h1-4,7H,5-6,12H2,(H,14,15)(H,16,17). The van der Waals surface area contributed by atoms with Crippen molar-refractivity contribution in [3.8, 4) is 0 Å². The van der Waals surface area contributed by atoms with E-state index in [1.54, 1.807) is 24.3 Å². The van der Waals surface area contributed by atoms with Crippen LogP contribution in [-0.4, -0.2) is 23.2 Å². The van der Waals surface area contributed by atoms with E-state index >= 15 is 0 Å². The molecule has 17 heavy (non-hydrogen) atoms. The molecule has 4 N–H and O–H groups in total. The third-order valence-corrected chi connectivity index (χ3v) is 2.01. The van der Waals surface area contributed by atoms with Crippen LogP contribution >= 0.6 is 0 Å². The Bertz CT molecular complexity index is 443. The Kier molecular flexibility index (Phi) is 4.68. The maximum absolute atomic E-state index is 11.4. The van der Waals surface area contributed by atoms with Gasteiger partial charge in [0.25, 0.3) is 0 Å². The van der Waals surface area contributed by atoms with Crippen molar-refractivity contribution in [2.45, 2.75) is 12.8 Å². The average Bonchev–Trinajstić information content (AvgIpc) is 2.29. The molecule has 1 aromatic rings. The molecule has 1 amide bonds. The second kappa shape index (κ2) is 6.26. The highest BCUT2D eigenvalue weighted by molar-refractivity contribution is 5.98. The summed E-state index contributed by atoms with van der Waals surface area (Å²) < 4.78 is 0. The Hall–Kier alpha value is -2.37. The van der Waals surface area contributed by atoms with Gasteiger partial charge in [0.1, 0.15) is 0 Å². The highest BCUT2D eigenvalue weighted by Crippen LogP contribution is 2.13. The first kappa shape index (κ1) is 12.7. The fraction of sp³-hybridized carbons (Fsp3) is 0.182. The Balaban J connectivity index is 2.67. The number of hydrazone groups is 1. The van der Waals surface area contributed by atoms with Crippen LogP contribution in [0.3, 0.4) is 0 Å². The molecule has 0 aliphatic rings. The lowest BCUT2D eigenvalue weighted by molar-refractivity contribution is -0.138. The van der Waals surface area contributed by atoms with Gasteiger partial charge >= 0.3 is 5.97 Å². The van der Waals surface area contributed by atoms with Crippen LogP contribution in [0.15, 0.2) is 29.4 Å². The van der Waals surface area contributed by atoms with Crippen molar-refractivity contribution >= 4 is 23.8 Å². The first-order valence-corrected chi connectivity index (χ1v) is 4.97. The number of hydrogen-bond acceptors (Lipinski definition) is 4. The predicted molar refractivity (Wildman–Crippen MR) is 63.7 cm³/mol. The summed E-state index contributed by atoms with van der Waals surface area (Å²) in [6.07, 6.45) is 1.15. The molecule has 6 heteroatoms. The molecular weight excluding hydrogens is 222 g/mol. The molecule has 0 aromatic heterocycles. The number of nitrogens with two attached hydrogens (primary N) is 1. The molecule has 0 unspecified atom stereocenters. The summed E-state index contributed by atoms with van der Waals surface area (Å²) in [5.74, 6) is 3.68. The summed E-state index contributed by atoms with van der Waals surface area (Å²) in [5, 5.41) is 14.4. The van der Waals surface area contributed by atoms with Gasteiger partial charge < -0.3 is 16.3 Å². The fourth-order valence-electron chi connectivity index (χ4n) is 1.24. The molecule has 0 fully saturated rings. The van der Waals surface area contributed by atoms with Crippen molar-refractivity contribution < 1.29 is 14.7 Å². The van der Waals surface area contributed by atoms with Gasteiger partial charge in [-0.25, -0.2) is 0 Å². The molecule has 0 saturated carbocycles. The number of carbonyl (C=O) groups excluding carboxylic acids is 1. The topological polar surface area (TPSA) is 105 Å². The van der Waals surface area contributed by atoms with Crippen molar-refractivity contribution in [1.29, 1.82) is 0 Å². The zero-order chi connectivity index (χ0) is 12.7. The van der Waals surface area contributed by atoms with Crippen LogP contribution in [0.4, 0.5) is 5.69 Å². The number of rotatable bonds is 5. The first-order chi connectivity index (χ1) is 8.13. The van der Waals surface area contributed by atoms with E-state index in [-0.39, 0.29) is 18.7 Å². The van der Waals surface area contributed by atoms with Crippen molar-refractivity contribution in [3.63, 3.8) is 0 Å². The molecule has 0 radical (unpaired) electrons. The smallest absolute Gasteiger partial charge is 0.303 e. The summed E-state index contributed by atoms with van der Waals surface area (Å²) in [7, 11) is 0. The van der Waals surface area contributed by atoms with Gasteiger partial charge in [0.05, 0.1) is 12.6 Å². The van der Waals surface area contributed by atoms with E-state index in [0.29, 0.717) is 11.3 Å². The van der Waals surface area contributed by atoms with Crippen LogP contribution in [0.25, 0.3) is 0 Å². The van der Waals surface area contributed by atoms with Gasteiger partial charge in [-0.15, -0.1) is 0 Å². The van der Waals surface area contributed by atoms with E-state index in [0.717, 1.165) is 0 Å². The van der Waals surface area contributed by atoms with Gasteiger partial charge in [0.2, 0.25) is 5.91 Å². The molecule has 0 aliphatic carbocycles. The van der Waals surface area contributed by atoms with Gasteiger partial charge in [-0.3, -0.25) is 9.59 Å². The minimum Gasteiger partial charge on any atom is -0.481 e. The van der Waals surface area contributed by atoms with Crippen LogP contribution in [0.5, 0.6) is 0 Å². The molecule has 90 valence electrons. The zero-order valence-electron chi connectivity index (χ0n) is 9.09. The van der Waals surface area contributed by atoms with Gasteiger partial charge in [0.15, 0.2) is 0 Å². The largest absolute Gasteiger partial charge is 0.481 e. The quantitative estimate of drug-likeness (QED) is 0.398. The number of hydrogen-bond donors (Lipinski definition) is 3. The third-order valence-electron chi connectivity index (χ3n) is 2.01. The van der Waals surface area contributed by atoms with Crippen LogP contribution < -0.4 is 11.2 Å². The second-order valence-corrected chi connectivity index (χ2v) is 3.31. The predicted octanol–water partition coefficient (Wildman–Crippen LogP) is 0.782. The van der Waals surface area contributed by atoms with Gasteiger partial charge in [-0.2, -0.15) is 5.10 Å². The molecule has 0 saturated heterocycles. The molecular formula is C11H13N3O3. The van der Waals surface area contributed by atoms with Gasteiger partial charge in [-0.1, -0.05) is 18.2 Å². The van der Waals surface area contributed by atoms with Gasteiger partial charge in [-0.05, 0) is 6.07 Å². The first-order valence-electron chi connectivity index (χ1n) is 4.97. The fourth-order valence-corrected chi connectivity index (χ4v) is 1.24. The Labute approximate surface area is 98.1 Å². The Morgan fingerprint density at radius 3 is 2.71 bits per heavy atom. The van der Waals surface area contributed by atoms with Crippen LogP contribution in [0.2, 0.25) is 0 Å². The lowest BCUT2D eigenvalue weighted by atomic mass is 10.2. The monoisotopic (exact) mass is 235 g/mol. The number of amides is 1. The summed E-state index contributed by atoms with van der Waals surface area (Å²) in [6.45, 7) is 0. The van der Waals surface area contributed by atoms with E-state index in [2.05, 4.69) is 10.4 Å². The van der Waals surface area contributed by atoms with Crippen LogP contribution in [0, 0.1) is 0 Å². The molecule has 6 nitrogen and oxygen atoms in total.